The van der Waals surface area contributed by atoms with Gasteiger partial charge in [-0.1, -0.05) is 24.6 Å². The van der Waals surface area contributed by atoms with Crippen LogP contribution in [-0.2, 0) is 0 Å². The third-order valence-electron chi connectivity index (χ3n) is 2.97. The van der Waals surface area contributed by atoms with Crippen LogP contribution in [0.15, 0.2) is 36.5 Å². The van der Waals surface area contributed by atoms with Crippen molar-refractivity contribution in [2.24, 2.45) is 0 Å². The molecule has 2 rings (SSSR count). The summed E-state index contributed by atoms with van der Waals surface area (Å²) in [6.45, 7) is 4.06. The molecule has 0 aliphatic heterocycles. The van der Waals surface area contributed by atoms with Gasteiger partial charge in [-0.2, -0.15) is 0 Å². The van der Waals surface area contributed by atoms with Crippen LogP contribution in [0, 0.1) is 12.7 Å². The Kier molecular flexibility index (Phi) is 4.38. The van der Waals surface area contributed by atoms with E-state index in [-0.39, 0.29) is 11.9 Å². The van der Waals surface area contributed by atoms with Crippen LogP contribution in [0.25, 0.3) is 0 Å². The van der Waals surface area contributed by atoms with E-state index in [1.165, 1.54) is 12.3 Å². The quantitative estimate of drug-likeness (QED) is 0.873. The Morgan fingerprint density at radius 2 is 2.11 bits per heavy atom. The van der Waals surface area contributed by atoms with Crippen LogP contribution in [0.3, 0.4) is 0 Å². The first-order chi connectivity index (χ1) is 9.10. The molecule has 0 fully saturated rings. The first kappa shape index (κ1) is 13.8. The summed E-state index contributed by atoms with van der Waals surface area (Å²) in [6.07, 6.45) is 2.07. The molecule has 100 valence electrons. The molecule has 1 N–H and O–H groups in total. The second-order valence-corrected chi connectivity index (χ2v) is 4.90. The van der Waals surface area contributed by atoms with E-state index in [4.69, 9.17) is 11.6 Å². The molecule has 0 aliphatic rings. The highest BCUT2D eigenvalue weighted by Crippen LogP contribution is 2.28. The average Bonchev–Trinajstić information content (AvgIpc) is 2.41. The molecule has 0 amide bonds. The summed E-state index contributed by atoms with van der Waals surface area (Å²) in [5, 5.41) is 4.03. The Bertz CT molecular complexity index is 555. The number of aryl methyl sites for hydroxylation is 1. The molecule has 1 aromatic carbocycles. The lowest BCUT2D eigenvalue weighted by Gasteiger charge is -2.19. The van der Waals surface area contributed by atoms with Crippen molar-refractivity contribution in [3.05, 3.63) is 58.6 Å². The van der Waals surface area contributed by atoms with Crippen molar-refractivity contribution in [3.63, 3.8) is 0 Å². The van der Waals surface area contributed by atoms with Gasteiger partial charge in [0.1, 0.15) is 5.82 Å². The van der Waals surface area contributed by atoms with Crippen LogP contribution < -0.4 is 5.32 Å². The lowest BCUT2D eigenvalue weighted by molar-refractivity contribution is 0.614. The van der Waals surface area contributed by atoms with Gasteiger partial charge in [-0.15, -0.1) is 0 Å². The van der Waals surface area contributed by atoms with E-state index in [9.17, 15) is 4.39 Å². The van der Waals surface area contributed by atoms with Crippen molar-refractivity contribution >= 4 is 17.3 Å². The topological polar surface area (TPSA) is 24.9 Å². The minimum Gasteiger partial charge on any atom is -0.375 e. The monoisotopic (exact) mass is 278 g/mol. The Hall–Kier alpha value is -1.61. The van der Waals surface area contributed by atoms with Crippen molar-refractivity contribution in [2.75, 3.05) is 5.32 Å². The molecule has 1 heterocycles. The number of hydrogen-bond acceptors (Lipinski definition) is 2. The van der Waals surface area contributed by atoms with Gasteiger partial charge in [0.15, 0.2) is 0 Å². The predicted octanol–water partition coefficient (Wildman–Crippen LogP) is 4.75. The molecule has 1 atom stereocenters. The zero-order valence-electron chi connectivity index (χ0n) is 11.0. The third kappa shape index (κ3) is 3.44. The number of pyridine rings is 1. The van der Waals surface area contributed by atoms with Gasteiger partial charge in [-0.3, -0.25) is 4.98 Å². The highest BCUT2D eigenvalue weighted by Gasteiger charge is 2.12. The lowest BCUT2D eigenvalue weighted by Crippen LogP contribution is -2.11. The summed E-state index contributed by atoms with van der Waals surface area (Å²) in [4.78, 5) is 4.12. The predicted molar refractivity (Wildman–Crippen MR) is 77.0 cm³/mol. The number of anilines is 1. The molecule has 4 heteroatoms. The van der Waals surface area contributed by atoms with E-state index in [2.05, 4.69) is 10.3 Å². The highest BCUT2D eigenvalue weighted by molar-refractivity contribution is 6.33. The highest BCUT2D eigenvalue weighted by atomic mass is 35.5. The van der Waals surface area contributed by atoms with Gasteiger partial charge in [-0.05, 0) is 43.2 Å². The first-order valence-electron chi connectivity index (χ1n) is 6.24. The second kappa shape index (κ2) is 6.02. The van der Waals surface area contributed by atoms with Crippen LogP contribution in [0.5, 0.6) is 0 Å². The summed E-state index contributed by atoms with van der Waals surface area (Å²) >= 11 is 6.17. The van der Waals surface area contributed by atoms with Gasteiger partial charge in [0.05, 0.1) is 28.6 Å². The van der Waals surface area contributed by atoms with Crippen LogP contribution in [0.4, 0.5) is 10.1 Å². The van der Waals surface area contributed by atoms with Gasteiger partial charge in [0, 0.05) is 0 Å². The smallest absolute Gasteiger partial charge is 0.141 e. The summed E-state index contributed by atoms with van der Waals surface area (Å²) < 4.78 is 12.9. The number of benzene rings is 1. The summed E-state index contributed by atoms with van der Waals surface area (Å²) in [5.74, 6) is -0.327. The maximum Gasteiger partial charge on any atom is 0.141 e. The summed E-state index contributed by atoms with van der Waals surface area (Å²) in [7, 11) is 0. The number of rotatable bonds is 4. The Balaban J connectivity index is 2.23. The molecule has 2 aromatic rings. The van der Waals surface area contributed by atoms with Gasteiger partial charge in [0.25, 0.3) is 0 Å². The molecule has 0 aliphatic carbocycles. The number of nitrogens with one attached hydrogen (secondary N) is 1. The van der Waals surface area contributed by atoms with Crippen molar-refractivity contribution in [1.29, 1.82) is 0 Å². The molecular formula is C15H16ClFN2. The van der Waals surface area contributed by atoms with E-state index in [1.54, 1.807) is 6.07 Å². The SMILES string of the molecule is CCC(Nc1cc(C)ccc1Cl)c1ccc(F)cn1. The van der Waals surface area contributed by atoms with E-state index in [0.29, 0.717) is 5.02 Å². The van der Waals surface area contributed by atoms with Crippen molar-refractivity contribution in [3.8, 4) is 0 Å². The molecule has 19 heavy (non-hydrogen) atoms. The van der Waals surface area contributed by atoms with E-state index in [0.717, 1.165) is 23.4 Å². The van der Waals surface area contributed by atoms with Crippen molar-refractivity contribution < 1.29 is 4.39 Å². The van der Waals surface area contributed by atoms with Gasteiger partial charge in [-0.25, -0.2) is 4.39 Å². The van der Waals surface area contributed by atoms with E-state index < -0.39 is 0 Å². The van der Waals surface area contributed by atoms with Crippen LogP contribution in [-0.4, -0.2) is 4.98 Å². The van der Waals surface area contributed by atoms with Crippen molar-refractivity contribution in [1.82, 2.24) is 4.98 Å². The van der Waals surface area contributed by atoms with Gasteiger partial charge < -0.3 is 5.32 Å². The summed E-state index contributed by atoms with van der Waals surface area (Å²) in [5.41, 5.74) is 2.81. The largest absolute Gasteiger partial charge is 0.375 e. The number of nitrogens with zero attached hydrogens (tertiary/aromatic N) is 1. The molecule has 0 bridgehead atoms. The average molecular weight is 279 g/mol. The molecular weight excluding hydrogens is 263 g/mol. The fourth-order valence-corrected chi connectivity index (χ4v) is 2.09. The van der Waals surface area contributed by atoms with Crippen molar-refractivity contribution in [2.45, 2.75) is 26.3 Å². The van der Waals surface area contributed by atoms with Crippen LogP contribution in [0.2, 0.25) is 5.02 Å². The van der Waals surface area contributed by atoms with E-state index in [1.807, 2.05) is 32.0 Å². The number of hydrogen-bond donors (Lipinski definition) is 1. The van der Waals surface area contributed by atoms with E-state index >= 15 is 0 Å². The fourth-order valence-electron chi connectivity index (χ4n) is 1.92. The van der Waals surface area contributed by atoms with Gasteiger partial charge in [0.2, 0.25) is 0 Å². The lowest BCUT2D eigenvalue weighted by atomic mass is 10.1. The molecule has 0 saturated carbocycles. The molecule has 2 nitrogen and oxygen atoms in total. The van der Waals surface area contributed by atoms with Crippen LogP contribution in [0.1, 0.15) is 30.6 Å². The van der Waals surface area contributed by atoms with Gasteiger partial charge >= 0.3 is 0 Å². The minimum atomic E-state index is -0.327. The Labute approximate surface area is 117 Å². The Morgan fingerprint density at radius 3 is 2.74 bits per heavy atom. The Morgan fingerprint density at radius 1 is 1.32 bits per heavy atom. The molecule has 0 saturated heterocycles. The zero-order valence-corrected chi connectivity index (χ0v) is 11.7. The standard InChI is InChI=1S/C15H16ClFN2/c1-3-13(14-7-5-11(17)9-18-14)19-15-8-10(2)4-6-12(15)16/h4-9,13,19H,3H2,1-2H3. The summed E-state index contributed by atoms with van der Waals surface area (Å²) in [6, 6.07) is 8.95. The minimum absolute atomic E-state index is 0.0138. The normalized spacial score (nSPS) is 12.2. The fraction of sp³-hybridized carbons (Fsp3) is 0.267. The molecule has 0 spiro atoms. The van der Waals surface area contributed by atoms with Crippen LogP contribution >= 0.6 is 11.6 Å². The zero-order chi connectivity index (χ0) is 13.8. The maximum atomic E-state index is 12.9. The first-order valence-corrected chi connectivity index (χ1v) is 6.62. The molecule has 0 radical (unpaired) electrons. The number of aromatic nitrogens is 1. The third-order valence-corrected chi connectivity index (χ3v) is 3.30. The molecule has 1 unspecified atom stereocenters. The number of halogens is 2. The maximum absolute atomic E-state index is 12.9. The molecule has 1 aromatic heterocycles. The second-order valence-electron chi connectivity index (χ2n) is 4.49.